The van der Waals surface area contributed by atoms with E-state index < -0.39 is 0 Å². The van der Waals surface area contributed by atoms with Crippen LogP contribution in [0.5, 0.6) is 0 Å². The summed E-state index contributed by atoms with van der Waals surface area (Å²) in [6.07, 6.45) is 2.57. The standard InChI is InChI=1S/C10H14N6S/c1-6-12-7(2)16(15-6)10-14-13-9(17-10)5-11-8-3-4-8/h8,11H,3-5H2,1-2H3. The van der Waals surface area contributed by atoms with E-state index in [9.17, 15) is 0 Å². The molecule has 0 saturated heterocycles. The molecule has 1 fully saturated rings. The molecule has 0 aromatic carbocycles. The average molecular weight is 250 g/mol. The predicted octanol–water partition coefficient (Wildman–Crippen LogP) is 0.988. The quantitative estimate of drug-likeness (QED) is 0.876. The van der Waals surface area contributed by atoms with Crippen LogP contribution in [0.2, 0.25) is 0 Å². The molecule has 0 amide bonds. The van der Waals surface area contributed by atoms with E-state index in [0.29, 0.717) is 6.04 Å². The van der Waals surface area contributed by atoms with Gasteiger partial charge in [-0.1, -0.05) is 11.3 Å². The number of hydrogen-bond acceptors (Lipinski definition) is 6. The first-order chi connectivity index (χ1) is 8.22. The van der Waals surface area contributed by atoms with Crippen molar-refractivity contribution < 1.29 is 0 Å². The first-order valence-corrected chi connectivity index (χ1v) is 6.50. The topological polar surface area (TPSA) is 68.5 Å². The molecule has 0 spiro atoms. The van der Waals surface area contributed by atoms with Crippen LogP contribution in [0.4, 0.5) is 0 Å². The maximum Gasteiger partial charge on any atom is 0.234 e. The highest BCUT2D eigenvalue weighted by atomic mass is 32.1. The molecule has 3 rings (SSSR count). The lowest BCUT2D eigenvalue weighted by molar-refractivity contribution is 0.678. The van der Waals surface area contributed by atoms with Crippen LogP contribution in [0.1, 0.15) is 29.5 Å². The minimum Gasteiger partial charge on any atom is -0.308 e. The highest BCUT2D eigenvalue weighted by molar-refractivity contribution is 7.13. The fourth-order valence-corrected chi connectivity index (χ4v) is 2.41. The van der Waals surface area contributed by atoms with Crippen LogP contribution >= 0.6 is 11.3 Å². The van der Waals surface area contributed by atoms with Gasteiger partial charge in [-0.15, -0.1) is 15.3 Å². The molecule has 0 unspecified atom stereocenters. The molecule has 7 heteroatoms. The van der Waals surface area contributed by atoms with Crippen LogP contribution in [0.15, 0.2) is 0 Å². The lowest BCUT2D eigenvalue weighted by Gasteiger charge is -1.96. The number of hydrogen-bond donors (Lipinski definition) is 1. The maximum atomic E-state index is 4.29. The normalized spacial score (nSPS) is 15.4. The predicted molar refractivity (Wildman–Crippen MR) is 64.2 cm³/mol. The number of nitrogens with one attached hydrogen (secondary N) is 1. The second-order valence-electron chi connectivity index (χ2n) is 4.25. The van der Waals surface area contributed by atoms with Crippen molar-refractivity contribution in [3.63, 3.8) is 0 Å². The smallest absolute Gasteiger partial charge is 0.234 e. The van der Waals surface area contributed by atoms with E-state index in [1.165, 1.54) is 12.8 Å². The number of aryl methyl sites for hydroxylation is 2. The third-order valence-electron chi connectivity index (χ3n) is 2.63. The molecule has 6 nitrogen and oxygen atoms in total. The van der Waals surface area contributed by atoms with Gasteiger partial charge in [-0.3, -0.25) is 0 Å². The fraction of sp³-hybridized carbons (Fsp3) is 0.600. The third kappa shape index (κ3) is 2.34. The third-order valence-corrected chi connectivity index (χ3v) is 3.53. The van der Waals surface area contributed by atoms with Gasteiger partial charge in [0.15, 0.2) is 0 Å². The molecule has 1 aliphatic carbocycles. The van der Waals surface area contributed by atoms with Crippen molar-refractivity contribution in [2.75, 3.05) is 0 Å². The Hall–Kier alpha value is -1.34. The summed E-state index contributed by atoms with van der Waals surface area (Å²) in [5.41, 5.74) is 0. The molecule has 0 atom stereocenters. The molecule has 2 aromatic rings. The summed E-state index contributed by atoms with van der Waals surface area (Å²) in [7, 11) is 0. The van der Waals surface area contributed by atoms with Gasteiger partial charge in [0, 0.05) is 6.04 Å². The highest BCUT2D eigenvalue weighted by Gasteiger charge is 2.21. The largest absolute Gasteiger partial charge is 0.308 e. The van der Waals surface area contributed by atoms with Gasteiger partial charge in [-0.2, -0.15) is 4.68 Å². The Morgan fingerprint density at radius 2 is 2.18 bits per heavy atom. The highest BCUT2D eigenvalue weighted by Crippen LogP contribution is 2.20. The van der Waals surface area contributed by atoms with Gasteiger partial charge in [-0.05, 0) is 26.7 Å². The monoisotopic (exact) mass is 250 g/mol. The van der Waals surface area contributed by atoms with E-state index in [1.807, 2.05) is 13.8 Å². The number of aromatic nitrogens is 5. The molecular formula is C10H14N6S. The molecule has 0 aliphatic heterocycles. The van der Waals surface area contributed by atoms with E-state index in [0.717, 1.165) is 28.3 Å². The van der Waals surface area contributed by atoms with Crippen molar-refractivity contribution in [2.45, 2.75) is 39.3 Å². The van der Waals surface area contributed by atoms with Gasteiger partial charge in [0.25, 0.3) is 0 Å². The maximum absolute atomic E-state index is 4.29. The molecule has 1 saturated carbocycles. The number of nitrogens with zero attached hydrogens (tertiary/aromatic N) is 5. The van der Waals surface area contributed by atoms with E-state index >= 15 is 0 Å². The molecule has 2 aromatic heterocycles. The van der Waals surface area contributed by atoms with Crippen LogP contribution in [-0.4, -0.2) is 31.0 Å². The van der Waals surface area contributed by atoms with Crippen molar-refractivity contribution in [1.82, 2.24) is 30.3 Å². The summed E-state index contributed by atoms with van der Waals surface area (Å²) in [5.74, 6) is 1.61. The Morgan fingerprint density at radius 1 is 1.35 bits per heavy atom. The summed E-state index contributed by atoms with van der Waals surface area (Å²) < 4.78 is 1.74. The van der Waals surface area contributed by atoms with Gasteiger partial charge >= 0.3 is 0 Å². The Labute approximate surface area is 103 Å². The second kappa shape index (κ2) is 4.15. The van der Waals surface area contributed by atoms with Crippen molar-refractivity contribution in [3.05, 3.63) is 16.7 Å². The summed E-state index contributed by atoms with van der Waals surface area (Å²) in [4.78, 5) is 4.26. The van der Waals surface area contributed by atoms with Crippen molar-refractivity contribution in [1.29, 1.82) is 0 Å². The van der Waals surface area contributed by atoms with Crippen molar-refractivity contribution >= 4 is 11.3 Å². The first-order valence-electron chi connectivity index (χ1n) is 5.69. The van der Waals surface area contributed by atoms with Gasteiger partial charge in [-0.25, -0.2) is 4.98 Å². The molecule has 0 radical (unpaired) electrons. The van der Waals surface area contributed by atoms with E-state index in [1.54, 1.807) is 16.0 Å². The molecule has 1 N–H and O–H groups in total. The molecule has 17 heavy (non-hydrogen) atoms. The second-order valence-corrected chi connectivity index (χ2v) is 5.29. The lowest BCUT2D eigenvalue weighted by Crippen LogP contribution is -2.14. The van der Waals surface area contributed by atoms with Gasteiger partial charge in [0.2, 0.25) is 5.13 Å². The molecule has 2 heterocycles. The number of rotatable bonds is 4. The van der Waals surface area contributed by atoms with Crippen LogP contribution in [-0.2, 0) is 6.54 Å². The first kappa shape index (κ1) is 10.8. The van der Waals surface area contributed by atoms with Gasteiger partial charge in [0.05, 0.1) is 6.54 Å². The molecule has 90 valence electrons. The van der Waals surface area contributed by atoms with Crippen LogP contribution in [0, 0.1) is 13.8 Å². The molecular weight excluding hydrogens is 236 g/mol. The Morgan fingerprint density at radius 3 is 2.82 bits per heavy atom. The zero-order chi connectivity index (χ0) is 11.8. The zero-order valence-electron chi connectivity index (χ0n) is 9.84. The fourth-order valence-electron chi connectivity index (χ4n) is 1.62. The Balaban J connectivity index is 1.76. The van der Waals surface area contributed by atoms with Crippen LogP contribution < -0.4 is 5.32 Å². The van der Waals surface area contributed by atoms with E-state index in [2.05, 4.69) is 25.6 Å². The van der Waals surface area contributed by atoms with Gasteiger partial charge < -0.3 is 5.32 Å². The minimum atomic E-state index is 0.692. The van der Waals surface area contributed by atoms with E-state index in [-0.39, 0.29) is 0 Å². The summed E-state index contributed by atoms with van der Waals surface area (Å²) in [6.45, 7) is 4.60. The molecule has 0 bridgehead atoms. The van der Waals surface area contributed by atoms with Gasteiger partial charge in [0.1, 0.15) is 16.7 Å². The summed E-state index contributed by atoms with van der Waals surface area (Å²) in [6, 6.07) is 0.692. The van der Waals surface area contributed by atoms with Crippen LogP contribution in [0.25, 0.3) is 5.13 Å². The Kier molecular flexibility index (Phi) is 2.64. The Bertz CT molecular complexity index is 527. The average Bonchev–Trinajstić information content (AvgIpc) is 2.90. The van der Waals surface area contributed by atoms with Crippen molar-refractivity contribution in [2.24, 2.45) is 0 Å². The van der Waals surface area contributed by atoms with Crippen LogP contribution in [0.3, 0.4) is 0 Å². The zero-order valence-corrected chi connectivity index (χ0v) is 10.7. The van der Waals surface area contributed by atoms with Crippen molar-refractivity contribution in [3.8, 4) is 5.13 Å². The minimum absolute atomic E-state index is 0.692. The molecule has 1 aliphatic rings. The summed E-state index contributed by atoms with van der Waals surface area (Å²) in [5, 5.41) is 17.8. The lowest BCUT2D eigenvalue weighted by atomic mass is 10.6. The van der Waals surface area contributed by atoms with E-state index in [4.69, 9.17) is 0 Å². The summed E-state index contributed by atoms with van der Waals surface area (Å²) >= 11 is 1.56. The SMILES string of the molecule is Cc1nc(C)n(-c2nnc(CNC3CC3)s2)n1.